The standard InChI is InChI=1S/C26H23F4NO6/c1-3-35-19(32)12-14-9-10-18(17(27)11-14)31-24(33)20-21(25(31)34)23(37-13-26(28,29)30)16-8-6-5-7-15(16)22(20)36-4-2/h5-11,25,34H,3-4,12-13H2,1-2H3/t25-/m0/s1. The van der Waals surface area contributed by atoms with E-state index < -0.39 is 36.7 Å². The summed E-state index contributed by atoms with van der Waals surface area (Å²) in [7, 11) is 0. The summed E-state index contributed by atoms with van der Waals surface area (Å²) in [4.78, 5) is 26.0. The van der Waals surface area contributed by atoms with Gasteiger partial charge in [0.15, 0.2) is 12.8 Å². The first kappa shape index (κ1) is 26.2. The number of hydrogen-bond acceptors (Lipinski definition) is 6. The van der Waals surface area contributed by atoms with E-state index in [1.807, 2.05) is 0 Å². The van der Waals surface area contributed by atoms with Gasteiger partial charge in [0.2, 0.25) is 0 Å². The van der Waals surface area contributed by atoms with Crippen LogP contribution in [0.3, 0.4) is 0 Å². The minimum atomic E-state index is -4.69. The van der Waals surface area contributed by atoms with Crippen LogP contribution >= 0.6 is 0 Å². The lowest BCUT2D eigenvalue weighted by atomic mass is 9.98. The molecule has 1 amide bonds. The number of hydrogen-bond donors (Lipinski definition) is 1. The molecule has 0 saturated heterocycles. The summed E-state index contributed by atoms with van der Waals surface area (Å²) >= 11 is 0. The first-order valence-electron chi connectivity index (χ1n) is 11.4. The zero-order chi connectivity index (χ0) is 26.9. The van der Waals surface area contributed by atoms with Crippen LogP contribution in [-0.4, -0.2) is 43.0 Å². The van der Waals surface area contributed by atoms with Gasteiger partial charge >= 0.3 is 12.1 Å². The van der Waals surface area contributed by atoms with E-state index in [-0.39, 0.29) is 58.9 Å². The summed E-state index contributed by atoms with van der Waals surface area (Å²) in [6.45, 7) is 1.88. The maximum atomic E-state index is 15.2. The van der Waals surface area contributed by atoms with Gasteiger partial charge in [-0.05, 0) is 31.5 Å². The quantitative estimate of drug-likeness (QED) is 0.329. The van der Waals surface area contributed by atoms with Crippen molar-refractivity contribution in [2.75, 3.05) is 24.7 Å². The Balaban J connectivity index is 1.85. The summed E-state index contributed by atoms with van der Waals surface area (Å²) in [5.41, 5.74) is -0.547. The molecular formula is C26H23F4NO6. The zero-order valence-electron chi connectivity index (χ0n) is 19.9. The Morgan fingerprint density at radius 1 is 1.03 bits per heavy atom. The monoisotopic (exact) mass is 521 g/mol. The second-order valence-corrected chi connectivity index (χ2v) is 8.15. The molecule has 1 aliphatic heterocycles. The Morgan fingerprint density at radius 2 is 1.70 bits per heavy atom. The molecule has 0 bridgehead atoms. The molecule has 0 aliphatic carbocycles. The number of alkyl halides is 3. The van der Waals surface area contributed by atoms with Crippen LogP contribution in [0.15, 0.2) is 42.5 Å². The van der Waals surface area contributed by atoms with E-state index in [0.717, 1.165) is 11.0 Å². The number of carbonyl (C=O) groups is 2. The van der Waals surface area contributed by atoms with Gasteiger partial charge in [0.1, 0.15) is 17.3 Å². The first-order valence-corrected chi connectivity index (χ1v) is 11.4. The predicted octanol–water partition coefficient (Wildman–Crippen LogP) is 5.08. The van der Waals surface area contributed by atoms with Crippen LogP contribution < -0.4 is 14.4 Å². The van der Waals surface area contributed by atoms with Gasteiger partial charge in [-0.1, -0.05) is 30.3 Å². The van der Waals surface area contributed by atoms with E-state index in [0.29, 0.717) is 5.39 Å². The molecule has 1 aliphatic rings. The normalized spacial score (nSPS) is 15.2. The van der Waals surface area contributed by atoms with Crippen molar-refractivity contribution in [1.82, 2.24) is 0 Å². The second kappa shape index (κ2) is 10.3. The minimum Gasteiger partial charge on any atom is -0.492 e. The molecule has 3 aromatic carbocycles. The Kier molecular flexibility index (Phi) is 7.26. The molecule has 0 fully saturated rings. The number of aliphatic hydroxyl groups is 1. The van der Waals surface area contributed by atoms with Gasteiger partial charge in [-0.15, -0.1) is 0 Å². The van der Waals surface area contributed by atoms with Crippen molar-refractivity contribution in [3.63, 3.8) is 0 Å². The lowest BCUT2D eigenvalue weighted by molar-refractivity contribution is -0.153. The molecule has 37 heavy (non-hydrogen) atoms. The SMILES string of the molecule is CCOC(=O)Cc1ccc(N2C(=O)c3c(c(OCC(F)(F)F)c4ccccc4c3OCC)[C@@H]2O)c(F)c1. The van der Waals surface area contributed by atoms with Gasteiger partial charge in [0.05, 0.1) is 36.4 Å². The molecule has 0 radical (unpaired) electrons. The molecule has 1 N–H and O–H groups in total. The molecule has 3 aromatic rings. The first-order chi connectivity index (χ1) is 17.6. The summed E-state index contributed by atoms with van der Waals surface area (Å²) in [6.07, 6.45) is -6.78. The van der Waals surface area contributed by atoms with E-state index in [9.17, 15) is 27.9 Å². The van der Waals surface area contributed by atoms with Gasteiger partial charge < -0.3 is 19.3 Å². The number of amides is 1. The third-order valence-electron chi connectivity index (χ3n) is 5.69. The second-order valence-electron chi connectivity index (χ2n) is 8.15. The number of carbonyl (C=O) groups excluding carboxylic acids is 2. The van der Waals surface area contributed by atoms with Gasteiger partial charge in [-0.2, -0.15) is 13.2 Å². The Bertz CT molecular complexity index is 1360. The fourth-order valence-corrected chi connectivity index (χ4v) is 4.29. The van der Waals surface area contributed by atoms with Crippen LogP contribution in [0.2, 0.25) is 0 Å². The van der Waals surface area contributed by atoms with Gasteiger partial charge in [0, 0.05) is 10.8 Å². The number of aliphatic hydroxyl groups excluding tert-OH is 1. The molecular weight excluding hydrogens is 498 g/mol. The Morgan fingerprint density at radius 3 is 2.30 bits per heavy atom. The number of anilines is 1. The summed E-state index contributed by atoms with van der Waals surface area (Å²) in [5.74, 6) is -2.70. The maximum Gasteiger partial charge on any atom is 0.422 e. The van der Waals surface area contributed by atoms with Crippen LogP contribution in [0.25, 0.3) is 10.8 Å². The Labute approximate surface area is 209 Å². The average molecular weight is 521 g/mol. The van der Waals surface area contributed by atoms with Gasteiger partial charge in [-0.3, -0.25) is 14.5 Å². The van der Waals surface area contributed by atoms with E-state index in [1.54, 1.807) is 32.0 Å². The number of nitrogens with zero attached hydrogens (tertiary/aromatic N) is 1. The molecule has 0 spiro atoms. The van der Waals surface area contributed by atoms with Crippen molar-refractivity contribution in [3.05, 3.63) is 65.0 Å². The van der Waals surface area contributed by atoms with Crippen LogP contribution in [0.1, 0.15) is 41.6 Å². The lowest BCUT2D eigenvalue weighted by Gasteiger charge is -2.23. The fourth-order valence-electron chi connectivity index (χ4n) is 4.29. The van der Waals surface area contributed by atoms with Crippen molar-refractivity contribution < 1.29 is 46.5 Å². The van der Waals surface area contributed by atoms with E-state index in [4.69, 9.17) is 14.2 Å². The van der Waals surface area contributed by atoms with E-state index in [1.165, 1.54) is 18.2 Å². The largest absolute Gasteiger partial charge is 0.492 e. The van der Waals surface area contributed by atoms with Gasteiger partial charge in [-0.25, -0.2) is 4.39 Å². The van der Waals surface area contributed by atoms with Crippen molar-refractivity contribution in [3.8, 4) is 11.5 Å². The molecule has 1 heterocycles. The van der Waals surface area contributed by atoms with Gasteiger partial charge in [0.25, 0.3) is 5.91 Å². The highest BCUT2D eigenvalue weighted by Gasteiger charge is 2.44. The molecule has 7 nitrogen and oxygen atoms in total. The van der Waals surface area contributed by atoms with Crippen LogP contribution in [-0.2, 0) is 16.0 Å². The van der Waals surface area contributed by atoms with Crippen molar-refractivity contribution >= 4 is 28.3 Å². The van der Waals surface area contributed by atoms with Crippen molar-refractivity contribution in [1.29, 1.82) is 0 Å². The summed E-state index contributed by atoms with van der Waals surface area (Å²) in [5, 5.41) is 11.7. The molecule has 4 rings (SSSR count). The number of ether oxygens (including phenoxy) is 3. The highest BCUT2D eigenvalue weighted by atomic mass is 19.4. The number of fused-ring (bicyclic) bond motifs is 2. The van der Waals surface area contributed by atoms with Crippen molar-refractivity contribution in [2.24, 2.45) is 0 Å². The summed E-state index contributed by atoms with van der Waals surface area (Å²) in [6, 6.07) is 9.82. The number of halogens is 4. The summed E-state index contributed by atoms with van der Waals surface area (Å²) < 4.78 is 70.0. The molecule has 196 valence electrons. The molecule has 1 atom stereocenters. The molecule has 0 saturated carbocycles. The smallest absolute Gasteiger partial charge is 0.422 e. The topological polar surface area (TPSA) is 85.3 Å². The average Bonchev–Trinajstić information content (AvgIpc) is 3.08. The number of benzene rings is 3. The van der Waals surface area contributed by atoms with Crippen LogP contribution in [0.4, 0.5) is 23.2 Å². The lowest BCUT2D eigenvalue weighted by Crippen LogP contribution is -2.28. The highest BCUT2D eigenvalue weighted by Crippen LogP contribution is 2.50. The molecule has 0 unspecified atom stereocenters. The predicted molar refractivity (Wildman–Crippen MR) is 125 cm³/mol. The van der Waals surface area contributed by atoms with Crippen LogP contribution in [0.5, 0.6) is 11.5 Å². The number of esters is 1. The minimum absolute atomic E-state index is 0.0401. The molecule has 11 heteroatoms. The Hall–Kier alpha value is -3.86. The van der Waals surface area contributed by atoms with Crippen molar-refractivity contribution in [2.45, 2.75) is 32.7 Å². The number of rotatable bonds is 8. The zero-order valence-corrected chi connectivity index (χ0v) is 19.9. The van der Waals surface area contributed by atoms with E-state index in [2.05, 4.69) is 0 Å². The fraction of sp³-hybridized carbons (Fsp3) is 0.308. The highest BCUT2D eigenvalue weighted by molar-refractivity contribution is 6.17. The van der Waals surface area contributed by atoms with E-state index >= 15 is 4.39 Å². The maximum absolute atomic E-state index is 15.2. The third-order valence-corrected chi connectivity index (χ3v) is 5.69. The third kappa shape index (κ3) is 5.04. The molecule has 0 aromatic heterocycles. The van der Waals surface area contributed by atoms with Crippen LogP contribution in [0, 0.1) is 5.82 Å².